The number of nitrogens with two attached hydrogens (primary N) is 2. The van der Waals surface area contributed by atoms with E-state index in [-0.39, 0.29) is 48.2 Å². The summed E-state index contributed by atoms with van der Waals surface area (Å²) in [5.74, 6) is -1.43. The van der Waals surface area contributed by atoms with Crippen molar-refractivity contribution < 1.29 is 23.1 Å². The molecule has 0 radical (unpaired) electrons. The van der Waals surface area contributed by atoms with Crippen LogP contribution in [0.4, 0.5) is 5.69 Å². The minimum atomic E-state index is -3.68. The molecule has 3 unspecified atom stereocenters. The van der Waals surface area contributed by atoms with Crippen LogP contribution < -0.4 is 11.5 Å². The van der Waals surface area contributed by atoms with Crippen LogP contribution in [0.5, 0.6) is 0 Å². The molecule has 2 aliphatic heterocycles. The second kappa shape index (κ2) is 9.32. The van der Waals surface area contributed by atoms with Gasteiger partial charge >= 0.3 is 5.97 Å². The minimum Gasteiger partial charge on any atom is -0.481 e. The lowest BCUT2D eigenvalue weighted by Gasteiger charge is -2.38. The van der Waals surface area contributed by atoms with E-state index >= 15 is 0 Å². The number of benzene rings is 1. The number of likely N-dealkylation sites (tertiary alicyclic amines) is 1. The first kappa shape index (κ1) is 22.5. The van der Waals surface area contributed by atoms with Crippen molar-refractivity contribution in [1.82, 2.24) is 9.21 Å². The lowest BCUT2D eigenvalue weighted by Crippen LogP contribution is -2.46. The standard InChI is InChI=1S/C20H30N4O5S/c21-16-3-5-17(6-4-16)30(28,29)24-11-8-14(12-19(25)26)15(13-24)7-10-23-9-1-2-18(23)20(22)27/h3-6,14-15,18H,1-2,7-13,21H2,(H2,22,27)(H,25,26). The van der Waals surface area contributed by atoms with Crippen molar-refractivity contribution in [3.05, 3.63) is 24.3 Å². The van der Waals surface area contributed by atoms with E-state index in [0.717, 1.165) is 19.4 Å². The Labute approximate surface area is 177 Å². The fourth-order valence-electron chi connectivity index (χ4n) is 4.62. The lowest BCUT2D eigenvalue weighted by atomic mass is 9.82. The van der Waals surface area contributed by atoms with Crippen LogP contribution >= 0.6 is 0 Å². The average molecular weight is 439 g/mol. The molecule has 166 valence electrons. The molecule has 2 saturated heterocycles. The van der Waals surface area contributed by atoms with Gasteiger partial charge in [0.2, 0.25) is 15.9 Å². The molecule has 0 aliphatic carbocycles. The monoisotopic (exact) mass is 438 g/mol. The second-order valence-electron chi connectivity index (χ2n) is 8.22. The summed E-state index contributed by atoms with van der Waals surface area (Å²) in [6.45, 7) is 1.93. The Balaban J connectivity index is 1.73. The van der Waals surface area contributed by atoms with Crippen molar-refractivity contribution in [2.45, 2.75) is 43.0 Å². The normalized spacial score (nSPS) is 25.9. The molecule has 0 saturated carbocycles. The van der Waals surface area contributed by atoms with Crippen molar-refractivity contribution in [2.75, 3.05) is 31.9 Å². The number of primary amides is 1. The summed E-state index contributed by atoms with van der Waals surface area (Å²) in [5, 5.41) is 9.29. The first-order valence-electron chi connectivity index (χ1n) is 10.3. The van der Waals surface area contributed by atoms with E-state index in [2.05, 4.69) is 0 Å². The van der Waals surface area contributed by atoms with E-state index in [1.165, 1.54) is 16.4 Å². The van der Waals surface area contributed by atoms with E-state index in [0.29, 0.717) is 25.1 Å². The molecule has 9 nitrogen and oxygen atoms in total. The number of carbonyl (C=O) groups excluding carboxylic acids is 1. The molecular weight excluding hydrogens is 408 g/mol. The molecular formula is C20H30N4O5S. The highest BCUT2D eigenvalue weighted by molar-refractivity contribution is 7.89. The van der Waals surface area contributed by atoms with Crippen molar-refractivity contribution in [3.63, 3.8) is 0 Å². The summed E-state index contributed by atoms with van der Waals surface area (Å²) in [7, 11) is -3.68. The molecule has 30 heavy (non-hydrogen) atoms. The maximum absolute atomic E-state index is 13.1. The number of hydrogen-bond acceptors (Lipinski definition) is 6. The van der Waals surface area contributed by atoms with Gasteiger partial charge in [0.1, 0.15) is 0 Å². The Hall–Kier alpha value is -2.17. The highest BCUT2D eigenvalue weighted by Crippen LogP contribution is 2.33. The van der Waals surface area contributed by atoms with Gasteiger partial charge in [0.05, 0.1) is 10.9 Å². The zero-order valence-corrected chi connectivity index (χ0v) is 17.8. The molecule has 0 spiro atoms. The van der Waals surface area contributed by atoms with Gasteiger partial charge in [-0.1, -0.05) is 0 Å². The van der Waals surface area contributed by atoms with Gasteiger partial charge < -0.3 is 16.6 Å². The number of carbonyl (C=O) groups is 2. The van der Waals surface area contributed by atoms with Crippen LogP contribution in [0, 0.1) is 11.8 Å². The number of anilines is 1. The van der Waals surface area contributed by atoms with E-state index in [4.69, 9.17) is 11.5 Å². The summed E-state index contributed by atoms with van der Waals surface area (Å²) in [6.07, 6.45) is 2.75. The smallest absolute Gasteiger partial charge is 0.303 e. The first-order valence-corrected chi connectivity index (χ1v) is 11.7. The zero-order chi connectivity index (χ0) is 21.9. The molecule has 3 atom stereocenters. The van der Waals surface area contributed by atoms with E-state index in [9.17, 15) is 23.1 Å². The van der Waals surface area contributed by atoms with E-state index < -0.39 is 16.0 Å². The number of amides is 1. The van der Waals surface area contributed by atoms with Gasteiger partial charge in [0, 0.05) is 25.2 Å². The summed E-state index contributed by atoms with van der Waals surface area (Å²) in [5.41, 5.74) is 11.6. The van der Waals surface area contributed by atoms with Gasteiger partial charge in [-0.15, -0.1) is 0 Å². The Morgan fingerprint density at radius 3 is 2.43 bits per heavy atom. The minimum absolute atomic E-state index is 0.0136. The van der Waals surface area contributed by atoms with Crippen LogP contribution in [0.15, 0.2) is 29.2 Å². The highest BCUT2D eigenvalue weighted by atomic mass is 32.2. The molecule has 2 fully saturated rings. The third-order valence-electron chi connectivity index (χ3n) is 6.29. The number of piperidine rings is 1. The lowest BCUT2D eigenvalue weighted by molar-refractivity contribution is -0.139. The van der Waals surface area contributed by atoms with Crippen LogP contribution in [-0.4, -0.2) is 66.8 Å². The first-order chi connectivity index (χ1) is 14.2. The summed E-state index contributed by atoms with van der Waals surface area (Å²) in [6, 6.07) is 5.80. The van der Waals surface area contributed by atoms with Crippen LogP contribution in [0.2, 0.25) is 0 Å². The number of carboxylic acid groups (broad SMARTS) is 1. The van der Waals surface area contributed by atoms with Gasteiger partial charge in [-0.2, -0.15) is 4.31 Å². The molecule has 2 aliphatic rings. The second-order valence-corrected chi connectivity index (χ2v) is 10.2. The summed E-state index contributed by atoms with van der Waals surface area (Å²) < 4.78 is 27.6. The molecule has 3 rings (SSSR count). The summed E-state index contributed by atoms with van der Waals surface area (Å²) >= 11 is 0. The molecule has 2 heterocycles. The quantitative estimate of drug-likeness (QED) is 0.506. The van der Waals surface area contributed by atoms with Gasteiger partial charge in [0.25, 0.3) is 0 Å². The molecule has 1 aromatic rings. The number of aliphatic carboxylic acids is 1. The number of rotatable bonds is 8. The number of carboxylic acids is 1. The Kier molecular flexibility index (Phi) is 6.99. The van der Waals surface area contributed by atoms with Crippen LogP contribution in [0.25, 0.3) is 0 Å². The summed E-state index contributed by atoms with van der Waals surface area (Å²) in [4.78, 5) is 25.2. The van der Waals surface area contributed by atoms with Gasteiger partial charge in [-0.25, -0.2) is 8.42 Å². The Bertz CT molecular complexity index is 874. The van der Waals surface area contributed by atoms with Crippen molar-refractivity contribution in [3.8, 4) is 0 Å². The maximum atomic E-state index is 13.1. The zero-order valence-electron chi connectivity index (χ0n) is 16.9. The number of nitrogens with zero attached hydrogens (tertiary/aromatic N) is 2. The van der Waals surface area contributed by atoms with Gasteiger partial charge in [0.15, 0.2) is 0 Å². The van der Waals surface area contributed by atoms with Crippen LogP contribution in [0.3, 0.4) is 0 Å². The third-order valence-corrected chi connectivity index (χ3v) is 8.17. The van der Waals surface area contributed by atoms with E-state index in [1.807, 2.05) is 4.90 Å². The Morgan fingerprint density at radius 1 is 1.10 bits per heavy atom. The molecule has 0 aromatic heterocycles. The SMILES string of the molecule is NC(=O)C1CCCN1CCC1CN(S(=O)(=O)c2ccc(N)cc2)CCC1CC(=O)O. The largest absolute Gasteiger partial charge is 0.481 e. The number of sulfonamides is 1. The van der Waals surface area contributed by atoms with Crippen molar-refractivity contribution >= 4 is 27.6 Å². The van der Waals surface area contributed by atoms with E-state index in [1.54, 1.807) is 12.1 Å². The molecule has 10 heteroatoms. The van der Waals surface area contributed by atoms with Crippen molar-refractivity contribution in [2.24, 2.45) is 17.6 Å². The fraction of sp³-hybridized carbons (Fsp3) is 0.600. The predicted octanol–water partition coefficient (Wildman–Crippen LogP) is 0.710. The van der Waals surface area contributed by atoms with Crippen molar-refractivity contribution in [1.29, 1.82) is 0 Å². The topological polar surface area (TPSA) is 147 Å². The van der Waals surface area contributed by atoms with Gasteiger partial charge in [-0.05, 0) is 74.9 Å². The molecule has 1 aromatic carbocycles. The third kappa shape index (κ3) is 5.11. The molecule has 1 amide bonds. The van der Waals surface area contributed by atoms with Crippen LogP contribution in [0.1, 0.15) is 32.1 Å². The molecule has 5 N–H and O–H groups in total. The average Bonchev–Trinajstić information content (AvgIpc) is 3.16. The predicted molar refractivity (Wildman–Crippen MR) is 112 cm³/mol. The Morgan fingerprint density at radius 2 is 1.80 bits per heavy atom. The van der Waals surface area contributed by atoms with Crippen LogP contribution in [-0.2, 0) is 19.6 Å². The number of hydrogen-bond donors (Lipinski definition) is 3. The van der Waals surface area contributed by atoms with Gasteiger partial charge in [-0.3, -0.25) is 14.5 Å². The molecule has 0 bridgehead atoms. The highest BCUT2D eigenvalue weighted by Gasteiger charge is 2.37. The maximum Gasteiger partial charge on any atom is 0.303 e. The number of nitrogen functional groups attached to an aromatic ring is 1. The fourth-order valence-corrected chi connectivity index (χ4v) is 6.13.